The zero-order valence-electron chi connectivity index (χ0n) is 13.1. The van der Waals surface area contributed by atoms with Crippen molar-refractivity contribution in [2.45, 2.75) is 13.3 Å². The molecule has 128 valence electrons. The number of nitrogens with one attached hydrogen (secondary N) is 2. The third-order valence-electron chi connectivity index (χ3n) is 3.52. The van der Waals surface area contributed by atoms with Gasteiger partial charge >= 0.3 is 0 Å². The van der Waals surface area contributed by atoms with E-state index in [0.29, 0.717) is 26.3 Å². The van der Waals surface area contributed by atoms with Gasteiger partial charge in [0.1, 0.15) is 5.52 Å². The van der Waals surface area contributed by atoms with Crippen molar-refractivity contribution in [3.05, 3.63) is 57.6 Å². The number of thiazole rings is 1. The first-order chi connectivity index (χ1) is 12.0. The fraction of sp³-hybridized carbons (Fsp3) is 0.118. The quantitative estimate of drug-likeness (QED) is 0.576. The highest BCUT2D eigenvalue weighted by molar-refractivity contribution is 7.80. The minimum Gasteiger partial charge on any atom is -0.308 e. The number of benzene rings is 2. The number of carbonyl (C=O) groups is 1. The van der Waals surface area contributed by atoms with E-state index < -0.39 is 0 Å². The molecule has 0 spiro atoms. The molecule has 2 N–H and O–H groups in total. The van der Waals surface area contributed by atoms with E-state index >= 15 is 0 Å². The molecule has 1 aromatic heterocycles. The van der Waals surface area contributed by atoms with E-state index in [9.17, 15) is 4.79 Å². The van der Waals surface area contributed by atoms with Gasteiger partial charge in [-0.1, -0.05) is 53.6 Å². The molecular weight excluding hydrogens is 397 g/mol. The molecule has 8 heteroatoms. The molecule has 0 bridgehead atoms. The third-order valence-corrected chi connectivity index (χ3v) is 5.46. The number of hydrogen-bond donors (Lipinski definition) is 2. The standard InChI is InChI=1S/C17H13Cl2N3OS2/c1-2-9-3-5-10(6-4-9)15(23)21-16(24)22-17-20-14-12(25-17)8-7-11(18)13(14)19/h3-8H,2H2,1H3,(H2,20,21,22,23,24). The lowest BCUT2D eigenvalue weighted by molar-refractivity contribution is 0.0977. The molecule has 0 radical (unpaired) electrons. The Labute approximate surface area is 164 Å². The molecule has 25 heavy (non-hydrogen) atoms. The van der Waals surface area contributed by atoms with Crippen LogP contribution >= 0.6 is 46.8 Å². The molecule has 0 aliphatic carbocycles. The zero-order valence-corrected chi connectivity index (χ0v) is 16.2. The summed E-state index contributed by atoms with van der Waals surface area (Å²) in [7, 11) is 0. The SMILES string of the molecule is CCc1ccc(C(=O)NC(=S)Nc2nc3c(Cl)c(Cl)ccc3s2)cc1. The summed E-state index contributed by atoms with van der Waals surface area (Å²) in [6.07, 6.45) is 0.923. The molecule has 2 aromatic carbocycles. The topological polar surface area (TPSA) is 54.0 Å². The summed E-state index contributed by atoms with van der Waals surface area (Å²) in [6.45, 7) is 2.06. The monoisotopic (exact) mass is 409 g/mol. The van der Waals surface area contributed by atoms with Crippen LogP contribution in [-0.4, -0.2) is 16.0 Å². The van der Waals surface area contributed by atoms with Crippen LogP contribution < -0.4 is 10.6 Å². The summed E-state index contributed by atoms with van der Waals surface area (Å²) in [4.78, 5) is 16.6. The Bertz CT molecular complexity index is 954. The Kier molecular flexibility index (Phi) is 5.54. The molecule has 1 amide bonds. The number of aryl methyl sites for hydroxylation is 1. The van der Waals surface area contributed by atoms with E-state index in [-0.39, 0.29) is 11.0 Å². The summed E-state index contributed by atoms with van der Waals surface area (Å²) >= 11 is 18.7. The highest BCUT2D eigenvalue weighted by Gasteiger charge is 2.12. The average molecular weight is 410 g/mol. The van der Waals surface area contributed by atoms with Crippen molar-refractivity contribution in [3.8, 4) is 0 Å². The minimum absolute atomic E-state index is 0.172. The normalized spacial score (nSPS) is 10.7. The molecule has 0 aliphatic heterocycles. The van der Waals surface area contributed by atoms with E-state index in [1.807, 2.05) is 18.2 Å². The maximum Gasteiger partial charge on any atom is 0.257 e. The van der Waals surface area contributed by atoms with Gasteiger partial charge in [0, 0.05) is 5.56 Å². The van der Waals surface area contributed by atoms with Gasteiger partial charge in [0.2, 0.25) is 0 Å². The van der Waals surface area contributed by atoms with Gasteiger partial charge in [-0.3, -0.25) is 10.1 Å². The van der Waals surface area contributed by atoms with Gasteiger partial charge in [-0.15, -0.1) is 0 Å². The summed E-state index contributed by atoms with van der Waals surface area (Å²) in [6, 6.07) is 10.9. The third kappa shape index (κ3) is 4.10. The summed E-state index contributed by atoms with van der Waals surface area (Å²) in [5, 5.41) is 7.09. The smallest absolute Gasteiger partial charge is 0.257 e. The number of amides is 1. The molecular formula is C17H13Cl2N3OS2. The summed E-state index contributed by atoms with van der Waals surface area (Å²) < 4.78 is 0.876. The van der Waals surface area contributed by atoms with E-state index in [2.05, 4.69) is 22.5 Å². The second kappa shape index (κ2) is 7.66. The van der Waals surface area contributed by atoms with E-state index in [4.69, 9.17) is 35.4 Å². The molecule has 0 saturated carbocycles. The zero-order chi connectivity index (χ0) is 18.0. The lowest BCUT2D eigenvalue weighted by Crippen LogP contribution is -2.34. The fourth-order valence-corrected chi connectivity index (χ4v) is 3.73. The molecule has 0 saturated heterocycles. The number of halogens is 2. The number of carbonyl (C=O) groups excluding carboxylic acids is 1. The molecule has 0 atom stereocenters. The Hall–Kier alpha value is -1.73. The molecule has 3 aromatic rings. The molecule has 1 heterocycles. The predicted molar refractivity (Wildman–Crippen MR) is 109 cm³/mol. The van der Waals surface area contributed by atoms with Gasteiger partial charge < -0.3 is 5.32 Å². The Morgan fingerprint density at radius 1 is 1.20 bits per heavy atom. The fourth-order valence-electron chi connectivity index (χ4n) is 2.19. The first-order valence-corrected chi connectivity index (χ1v) is 9.42. The number of nitrogens with zero attached hydrogens (tertiary/aromatic N) is 1. The number of anilines is 1. The Morgan fingerprint density at radius 2 is 1.92 bits per heavy atom. The van der Waals surface area contributed by atoms with Crippen LogP contribution in [0, 0.1) is 0 Å². The Morgan fingerprint density at radius 3 is 2.60 bits per heavy atom. The lowest BCUT2D eigenvalue weighted by Gasteiger charge is -2.07. The molecule has 0 fully saturated rings. The lowest BCUT2D eigenvalue weighted by atomic mass is 10.1. The second-order valence-corrected chi connectivity index (χ2v) is 7.41. The number of fused-ring (bicyclic) bond motifs is 1. The molecule has 0 unspecified atom stereocenters. The first-order valence-electron chi connectivity index (χ1n) is 7.43. The summed E-state index contributed by atoms with van der Waals surface area (Å²) in [5.41, 5.74) is 2.31. The largest absolute Gasteiger partial charge is 0.308 e. The van der Waals surface area contributed by atoms with Crippen molar-refractivity contribution >= 4 is 73.1 Å². The summed E-state index contributed by atoms with van der Waals surface area (Å²) in [5.74, 6) is -0.276. The van der Waals surface area contributed by atoms with E-state index in [1.165, 1.54) is 16.9 Å². The van der Waals surface area contributed by atoms with Crippen LogP contribution in [0.1, 0.15) is 22.8 Å². The van der Waals surface area contributed by atoms with Crippen LogP contribution in [0.5, 0.6) is 0 Å². The first kappa shape index (κ1) is 18.1. The second-order valence-electron chi connectivity index (χ2n) is 5.19. The van der Waals surface area contributed by atoms with Gasteiger partial charge in [0.25, 0.3) is 5.91 Å². The number of hydrogen-bond acceptors (Lipinski definition) is 4. The van der Waals surface area contributed by atoms with Gasteiger partial charge in [-0.05, 0) is 48.5 Å². The van der Waals surface area contributed by atoms with Crippen molar-refractivity contribution < 1.29 is 4.79 Å². The highest BCUT2D eigenvalue weighted by atomic mass is 35.5. The molecule has 3 rings (SSSR count). The van der Waals surface area contributed by atoms with Crippen LogP contribution in [0.3, 0.4) is 0 Å². The van der Waals surface area contributed by atoms with Gasteiger partial charge in [-0.2, -0.15) is 0 Å². The molecule has 0 aliphatic rings. The number of aromatic nitrogens is 1. The van der Waals surface area contributed by atoms with Crippen molar-refractivity contribution in [2.75, 3.05) is 5.32 Å². The van der Waals surface area contributed by atoms with Crippen molar-refractivity contribution in [2.24, 2.45) is 0 Å². The van der Waals surface area contributed by atoms with Crippen molar-refractivity contribution in [1.29, 1.82) is 0 Å². The van der Waals surface area contributed by atoms with Crippen LogP contribution in [0.4, 0.5) is 5.13 Å². The van der Waals surface area contributed by atoms with Crippen LogP contribution in [0.25, 0.3) is 10.2 Å². The highest BCUT2D eigenvalue weighted by Crippen LogP contribution is 2.35. The van der Waals surface area contributed by atoms with Crippen molar-refractivity contribution in [3.63, 3.8) is 0 Å². The van der Waals surface area contributed by atoms with E-state index in [1.54, 1.807) is 18.2 Å². The van der Waals surface area contributed by atoms with Gasteiger partial charge in [-0.25, -0.2) is 4.98 Å². The van der Waals surface area contributed by atoms with Crippen LogP contribution in [0.15, 0.2) is 36.4 Å². The van der Waals surface area contributed by atoms with Crippen LogP contribution in [0.2, 0.25) is 10.0 Å². The predicted octanol–water partition coefficient (Wildman–Crippen LogP) is 5.29. The number of thiocarbonyl (C=S) groups is 1. The van der Waals surface area contributed by atoms with Gasteiger partial charge in [0.15, 0.2) is 10.2 Å². The van der Waals surface area contributed by atoms with E-state index in [0.717, 1.165) is 11.1 Å². The van der Waals surface area contributed by atoms with Crippen LogP contribution in [-0.2, 0) is 6.42 Å². The molecule has 4 nitrogen and oxygen atoms in total. The average Bonchev–Trinajstić information content (AvgIpc) is 3.01. The van der Waals surface area contributed by atoms with Gasteiger partial charge in [0.05, 0.1) is 14.7 Å². The maximum absolute atomic E-state index is 12.2. The number of rotatable bonds is 3. The minimum atomic E-state index is -0.276. The Balaban J connectivity index is 1.69. The maximum atomic E-state index is 12.2. The van der Waals surface area contributed by atoms with Crippen molar-refractivity contribution in [1.82, 2.24) is 10.3 Å².